The summed E-state index contributed by atoms with van der Waals surface area (Å²) in [5, 5.41) is 0. The number of morpholine rings is 1. The summed E-state index contributed by atoms with van der Waals surface area (Å²) in [5.41, 5.74) is 0. The van der Waals surface area contributed by atoms with Crippen molar-refractivity contribution in [2.45, 2.75) is 12.2 Å². The topological polar surface area (TPSA) is 49.9 Å². The van der Waals surface area contributed by atoms with Gasteiger partial charge < -0.3 is 4.74 Å². The van der Waals surface area contributed by atoms with Gasteiger partial charge >= 0.3 is 0 Å². The summed E-state index contributed by atoms with van der Waals surface area (Å²) in [6, 6.07) is 0. The van der Waals surface area contributed by atoms with Gasteiger partial charge in [0, 0.05) is 23.8 Å². The number of halogens is 1. The molecule has 0 aromatic heterocycles. The van der Waals surface area contributed by atoms with E-state index in [0.29, 0.717) is 13.1 Å². The SMILES string of the molecule is O=S(=O)(Cl)N1C[C@@H]2O[C@@H]2C1. The number of ether oxygens (including phenoxy) is 1. The molecule has 0 spiro atoms. The molecule has 2 saturated heterocycles. The maximum absolute atomic E-state index is 10.6. The molecular weight excluding hydrogens is 178 g/mol. The van der Waals surface area contributed by atoms with E-state index in [1.807, 2.05) is 0 Å². The van der Waals surface area contributed by atoms with Gasteiger partial charge in [0.2, 0.25) is 0 Å². The maximum atomic E-state index is 10.6. The van der Waals surface area contributed by atoms with E-state index in [4.69, 9.17) is 15.4 Å². The minimum Gasteiger partial charge on any atom is -0.367 e. The van der Waals surface area contributed by atoms with E-state index in [1.54, 1.807) is 0 Å². The number of hydrogen-bond donors (Lipinski definition) is 0. The van der Waals surface area contributed by atoms with Crippen LogP contribution in [0.4, 0.5) is 0 Å². The zero-order valence-electron chi connectivity index (χ0n) is 5.03. The summed E-state index contributed by atoms with van der Waals surface area (Å²) < 4.78 is 27.5. The van der Waals surface area contributed by atoms with E-state index < -0.39 is 9.24 Å². The van der Waals surface area contributed by atoms with Crippen LogP contribution in [0.1, 0.15) is 0 Å². The maximum Gasteiger partial charge on any atom is 0.299 e. The van der Waals surface area contributed by atoms with Gasteiger partial charge in [0.05, 0.1) is 12.2 Å². The molecule has 2 atom stereocenters. The molecule has 58 valence electrons. The fourth-order valence-corrected chi connectivity index (χ4v) is 2.14. The molecule has 2 fully saturated rings. The number of nitrogens with zero attached hydrogens (tertiary/aromatic N) is 1. The molecule has 2 aliphatic rings. The van der Waals surface area contributed by atoms with Crippen LogP contribution < -0.4 is 0 Å². The van der Waals surface area contributed by atoms with Crippen LogP contribution in [0.2, 0.25) is 0 Å². The molecule has 6 heteroatoms. The van der Waals surface area contributed by atoms with E-state index in [0.717, 1.165) is 0 Å². The summed E-state index contributed by atoms with van der Waals surface area (Å²) in [5.74, 6) is 0. The molecule has 0 aliphatic carbocycles. The molecule has 2 heterocycles. The predicted octanol–water partition coefficient (Wildman–Crippen LogP) is -0.447. The van der Waals surface area contributed by atoms with Gasteiger partial charge in [-0.1, -0.05) is 0 Å². The molecule has 2 rings (SSSR count). The lowest BCUT2D eigenvalue weighted by Gasteiger charge is -2.10. The van der Waals surface area contributed by atoms with Gasteiger partial charge in [-0.3, -0.25) is 0 Å². The molecule has 0 unspecified atom stereocenters. The molecule has 0 radical (unpaired) electrons. The molecule has 0 amide bonds. The lowest BCUT2D eigenvalue weighted by atomic mass is 10.4. The van der Waals surface area contributed by atoms with E-state index in [1.165, 1.54) is 4.31 Å². The normalized spacial score (nSPS) is 39.7. The quantitative estimate of drug-likeness (QED) is 0.409. The van der Waals surface area contributed by atoms with Crippen LogP contribution in [0, 0.1) is 0 Å². The fraction of sp³-hybridized carbons (Fsp3) is 1.00. The fourth-order valence-electron chi connectivity index (χ4n) is 1.15. The van der Waals surface area contributed by atoms with Gasteiger partial charge in [0.25, 0.3) is 9.24 Å². The zero-order valence-corrected chi connectivity index (χ0v) is 6.60. The Balaban J connectivity index is 2.10. The Hall–Kier alpha value is 0.160. The van der Waals surface area contributed by atoms with Crippen molar-refractivity contribution >= 4 is 19.9 Å². The first-order valence-electron chi connectivity index (χ1n) is 2.92. The monoisotopic (exact) mass is 183 g/mol. The van der Waals surface area contributed by atoms with Crippen LogP contribution >= 0.6 is 10.7 Å². The molecule has 0 bridgehead atoms. The average molecular weight is 184 g/mol. The Morgan fingerprint density at radius 1 is 1.40 bits per heavy atom. The third kappa shape index (κ3) is 1.03. The Morgan fingerprint density at radius 3 is 2.20 bits per heavy atom. The first-order valence-corrected chi connectivity index (χ1v) is 5.19. The molecule has 4 nitrogen and oxygen atoms in total. The molecule has 0 N–H and O–H groups in total. The minimum atomic E-state index is -3.48. The highest BCUT2D eigenvalue weighted by atomic mass is 35.7. The van der Waals surface area contributed by atoms with E-state index in [9.17, 15) is 8.42 Å². The van der Waals surface area contributed by atoms with Crippen molar-refractivity contribution in [1.29, 1.82) is 0 Å². The van der Waals surface area contributed by atoms with Gasteiger partial charge in [-0.2, -0.15) is 12.7 Å². The summed E-state index contributed by atoms with van der Waals surface area (Å²) >= 11 is 0. The second-order valence-corrected chi connectivity index (χ2v) is 4.98. The summed E-state index contributed by atoms with van der Waals surface area (Å²) in [7, 11) is 1.59. The molecular formula is C4H6ClNO3S. The third-order valence-corrected chi connectivity index (χ3v) is 3.26. The number of rotatable bonds is 1. The number of epoxide rings is 1. The van der Waals surface area contributed by atoms with Gasteiger partial charge in [-0.15, -0.1) is 0 Å². The Morgan fingerprint density at radius 2 is 1.90 bits per heavy atom. The van der Waals surface area contributed by atoms with Crippen molar-refractivity contribution in [3.05, 3.63) is 0 Å². The lowest BCUT2D eigenvalue weighted by molar-refractivity contribution is 0.275. The van der Waals surface area contributed by atoms with Crippen molar-refractivity contribution in [1.82, 2.24) is 4.31 Å². The van der Waals surface area contributed by atoms with Crippen molar-refractivity contribution in [3.8, 4) is 0 Å². The van der Waals surface area contributed by atoms with E-state index in [-0.39, 0.29) is 12.2 Å². The predicted molar refractivity (Wildman–Crippen MR) is 35.0 cm³/mol. The molecule has 0 aromatic carbocycles. The van der Waals surface area contributed by atoms with Crippen LogP contribution in [-0.2, 0) is 14.0 Å². The molecule has 2 aliphatic heterocycles. The third-order valence-electron chi connectivity index (χ3n) is 1.76. The number of hydrogen-bond acceptors (Lipinski definition) is 3. The van der Waals surface area contributed by atoms with E-state index in [2.05, 4.69) is 0 Å². The van der Waals surface area contributed by atoms with Crippen molar-refractivity contribution in [2.24, 2.45) is 0 Å². The van der Waals surface area contributed by atoms with Crippen molar-refractivity contribution in [2.75, 3.05) is 13.1 Å². The summed E-state index contributed by atoms with van der Waals surface area (Å²) in [4.78, 5) is 0. The Kier molecular flexibility index (Phi) is 1.27. The summed E-state index contributed by atoms with van der Waals surface area (Å²) in [6.45, 7) is 0.854. The van der Waals surface area contributed by atoms with Gasteiger partial charge in [0.15, 0.2) is 0 Å². The molecule has 10 heavy (non-hydrogen) atoms. The van der Waals surface area contributed by atoms with Crippen LogP contribution in [0.5, 0.6) is 0 Å². The first-order chi connectivity index (χ1) is 4.57. The first kappa shape index (κ1) is 6.84. The molecule has 0 aromatic rings. The Labute approximate surface area is 63.3 Å². The lowest BCUT2D eigenvalue weighted by Crippen LogP contribution is -2.27. The van der Waals surface area contributed by atoms with Gasteiger partial charge in [-0.05, 0) is 0 Å². The second kappa shape index (κ2) is 1.85. The minimum absolute atomic E-state index is 0.119. The standard InChI is InChI=1S/C4H6ClNO3S/c5-10(7,8)6-1-3-4(2-6)9-3/h3-4H,1-2H2/t3-,4+. The van der Waals surface area contributed by atoms with Gasteiger partial charge in [0.1, 0.15) is 0 Å². The van der Waals surface area contributed by atoms with Crippen molar-refractivity contribution < 1.29 is 13.2 Å². The van der Waals surface area contributed by atoms with E-state index >= 15 is 0 Å². The Bertz CT molecular complexity index is 241. The van der Waals surface area contributed by atoms with Crippen LogP contribution in [-0.4, -0.2) is 38.0 Å². The summed E-state index contributed by atoms with van der Waals surface area (Å²) in [6.07, 6.45) is 0.238. The van der Waals surface area contributed by atoms with Gasteiger partial charge in [-0.25, -0.2) is 0 Å². The highest BCUT2D eigenvalue weighted by Crippen LogP contribution is 2.32. The highest BCUT2D eigenvalue weighted by molar-refractivity contribution is 8.11. The zero-order chi connectivity index (χ0) is 7.35. The average Bonchev–Trinajstić information content (AvgIpc) is 2.38. The smallest absolute Gasteiger partial charge is 0.299 e. The molecule has 0 saturated carbocycles. The largest absolute Gasteiger partial charge is 0.367 e. The van der Waals surface area contributed by atoms with Crippen LogP contribution in [0.25, 0.3) is 0 Å². The highest BCUT2D eigenvalue weighted by Gasteiger charge is 2.50. The van der Waals surface area contributed by atoms with Crippen LogP contribution in [0.15, 0.2) is 0 Å². The van der Waals surface area contributed by atoms with Crippen LogP contribution in [0.3, 0.4) is 0 Å². The van der Waals surface area contributed by atoms with Crippen molar-refractivity contribution in [3.63, 3.8) is 0 Å². The number of fused-ring (bicyclic) bond motifs is 1. The second-order valence-electron chi connectivity index (χ2n) is 2.47.